The number of hydrogen-bond donors (Lipinski definition) is 1. The number of nitro groups is 1. The predicted octanol–water partition coefficient (Wildman–Crippen LogP) is 2.15. The van der Waals surface area contributed by atoms with E-state index in [0.717, 1.165) is 6.07 Å². The Labute approximate surface area is 89.7 Å². The van der Waals surface area contributed by atoms with E-state index in [4.69, 9.17) is 0 Å². The van der Waals surface area contributed by atoms with Crippen molar-refractivity contribution < 1.29 is 13.7 Å². The number of nitrogens with zero attached hydrogens (tertiary/aromatic N) is 1. The minimum Gasteiger partial charge on any atom is -0.258 e. The fourth-order valence-electron chi connectivity index (χ4n) is 0.908. The standard InChI is InChI=1S/C9H5F2NO2S/c10-7-5-8(11)9(12(13)14)4-6(7)2-1-3-15/h4-5,15H,3H2. The largest absolute Gasteiger partial charge is 0.306 e. The molecule has 1 aromatic carbocycles. The van der Waals surface area contributed by atoms with Crippen LogP contribution in [0.4, 0.5) is 14.5 Å². The van der Waals surface area contributed by atoms with Crippen LogP contribution in [-0.2, 0) is 0 Å². The Morgan fingerprint density at radius 2 is 2.07 bits per heavy atom. The lowest BCUT2D eigenvalue weighted by Gasteiger charge is -1.96. The Morgan fingerprint density at radius 1 is 1.40 bits per heavy atom. The number of benzene rings is 1. The first-order valence-electron chi connectivity index (χ1n) is 3.79. The van der Waals surface area contributed by atoms with Gasteiger partial charge in [-0.25, -0.2) is 4.39 Å². The predicted molar refractivity (Wildman–Crippen MR) is 53.7 cm³/mol. The highest BCUT2D eigenvalue weighted by Gasteiger charge is 2.17. The molecule has 1 rings (SSSR count). The highest BCUT2D eigenvalue weighted by atomic mass is 32.1. The lowest BCUT2D eigenvalue weighted by atomic mass is 10.2. The molecule has 0 radical (unpaired) electrons. The van der Waals surface area contributed by atoms with E-state index in [1.54, 1.807) is 0 Å². The third-order valence-electron chi connectivity index (χ3n) is 1.54. The van der Waals surface area contributed by atoms with Crippen molar-refractivity contribution in [3.8, 4) is 11.8 Å². The van der Waals surface area contributed by atoms with Crippen LogP contribution in [0.25, 0.3) is 0 Å². The molecule has 0 atom stereocenters. The molecule has 0 N–H and O–H groups in total. The molecule has 0 bridgehead atoms. The zero-order valence-electron chi connectivity index (χ0n) is 7.33. The zero-order valence-corrected chi connectivity index (χ0v) is 8.22. The first-order chi connectivity index (χ1) is 7.06. The van der Waals surface area contributed by atoms with Crippen molar-refractivity contribution in [2.24, 2.45) is 0 Å². The van der Waals surface area contributed by atoms with Crippen LogP contribution in [0.3, 0.4) is 0 Å². The van der Waals surface area contributed by atoms with E-state index in [1.165, 1.54) is 0 Å². The summed E-state index contributed by atoms with van der Waals surface area (Å²) in [4.78, 5) is 9.41. The third-order valence-corrected chi connectivity index (χ3v) is 1.69. The molecule has 0 aromatic heterocycles. The van der Waals surface area contributed by atoms with Crippen molar-refractivity contribution in [3.63, 3.8) is 0 Å². The van der Waals surface area contributed by atoms with E-state index in [1.807, 2.05) is 0 Å². The molecule has 0 fully saturated rings. The Hall–Kier alpha value is -1.61. The zero-order chi connectivity index (χ0) is 11.4. The van der Waals surface area contributed by atoms with E-state index in [9.17, 15) is 18.9 Å². The lowest BCUT2D eigenvalue weighted by molar-refractivity contribution is -0.387. The molecule has 0 amide bonds. The van der Waals surface area contributed by atoms with Crippen molar-refractivity contribution in [3.05, 3.63) is 39.4 Å². The topological polar surface area (TPSA) is 43.1 Å². The van der Waals surface area contributed by atoms with Gasteiger partial charge in [0.2, 0.25) is 5.82 Å². The average molecular weight is 229 g/mol. The number of nitro benzene ring substituents is 1. The second-order valence-corrected chi connectivity index (χ2v) is 2.82. The Kier molecular flexibility index (Phi) is 3.63. The van der Waals surface area contributed by atoms with Crippen LogP contribution in [0.5, 0.6) is 0 Å². The van der Waals surface area contributed by atoms with Gasteiger partial charge in [0.25, 0.3) is 0 Å². The maximum Gasteiger partial charge on any atom is 0.306 e. The summed E-state index contributed by atoms with van der Waals surface area (Å²) in [5.74, 6) is 2.78. The second kappa shape index (κ2) is 4.75. The minimum absolute atomic E-state index is 0.185. The summed E-state index contributed by atoms with van der Waals surface area (Å²) in [5.41, 5.74) is -1.00. The van der Waals surface area contributed by atoms with Gasteiger partial charge in [-0.2, -0.15) is 17.0 Å². The smallest absolute Gasteiger partial charge is 0.258 e. The van der Waals surface area contributed by atoms with Gasteiger partial charge in [-0.1, -0.05) is 11.8 Å². The Morgan fingerprint density at radius 3 is 2.60 bits per heavy atom. The number of thiol groups is 1. The van der Waals surface area contributed by atoms with Gasteiger partial charge in [0.15, 0.2) is 0 Å². The molecule has 0 aliphatic heterocycles. The molecular weight excluding hydrogens is 224 g/mol. The monoisotopic (exact) mass is 229 g/mol. The van der Waals surface area contributed by atoms with Crippen LogP contribution in [0, 0.1) is 33.6 Å². The van der Waals surface area contributed by atoms with E-state index < -0.39 is 22.2 Å². The normalized spacial score (nSPS) is 9.27. The summed E-state index contributed by atoms with van der Waals surface area (Å²) in [6.07, 6.45) is 0. The number of halogens is 2. The molecular formula is C9H5F2NO2S. The fraction of sp³-hybridized carbons (Fsp3) is 0.111. The molecule has 0 saturated carbocycles. The quantitative estimate of drug-likeness (QED) is 0.347. The maximum atomic E-state index is 13.0. The highest BCUT2D eigenvalue weighted by Crippen LogP contribution is 2.20. The van der Waals surface area contributed by atoms with Gasteiger partial charge in [0.1, 0.15) is 5.82 Å². The van der Waals surface area contributed by atoms with Crippen molar-refractivity contribution in [2.45, 2.75) is 0 Å². The summed E-state index contributed by atoms with van der Waals surface area (Å²) in [6, 6.07) is 1.21. The minimum atomic E-state index is -1.21. The molecule has 0 saturated heterocycles. The van der Waals surface area contributed by atoms with Gasteiger partial charge in [0.05, 0.1) is 16.2 Å². The summed E-state index contributed by atoms with van der Waals surface area (Å²) in [7, 11) is 0. The van der Waals surface area contributed by atoms with Crippen molar-refractivity contribution in [2.75, 3.05) is 5.75 Å². The van der Waals surface area contributed by atoms with Gasteiger partial charge in [0, 0.05) is 12.1 Å². The molecule has 0 unspecified atom stereocenters. The molecule has 3 nitrogen and oxygen atoms in total. The van der Waals surface area contributed by atoms with Crippen molar-refractivity contribution >= 4 is 18.3 Å². The SMILES string of the molecule is O=[N+]([O-])c1cc(C#CCS)c(F)cc1F. The van der Waals surface area contributed by atoms with Crippen LogP contribution < -0.4 is 0 Å². The summed E-state index contributed by atoms with van der Waals surface area (Å²) in [5, 5.41) is 10.3. The molecule has 0 heterocycles. The molecule has 1 aromatic rings. The van der Waals surface area contributed by atoms with Gasteiger partial charge in [-0.3, -0.25) is 10.1 Å². The van der Waals surface area contributed by atoms with Crippen molar-refractivity contribution in [1.29, 1.82) is 0 Å². The van der Waals surface area contributed by atoms with Gasteiger partial charge in [-0.05, 0) is 0 Å². The first kappa shape index (κ1) is 11.5. The summed E-state index contributed by atoms with van der Waals surface area (Å²) < 4.78 is 25.9. The molecule has 0 aliphatic carbocycles. The van der Waals surface area contributed by atoms with Crippen LogP contribution >= 0.6 is 12.6 Å². The van der Waals surface area contributed by atoms with Gasteiger partial charge < -0.3 is 0 Å². The van der Waals surface area contributed by atoms with Crippen LogP contribution in [0.15, 0.2) is 12.1 Å². The highest BCUT2D eigenvalue weighted by molar-refractivity contribution is 7.80. The summed E-state index contributed by atoms with van der Waals surface area (Å²) >= 11 is 3.77. The number of hydrogen-bond acceptors (Lipinski definition) is 3. The van der Waals surface area contributed by atoms with E-state index >= 15 is 0 Å². The van der Waals surface area contributed by atoms with E-state index in [0.29, 0.717) is 6.07 Å². The van der Waals surface area contributed by atoms with E-state index in [2.05, 4.69) is 24.5 Å². The van der Waals surface area contributed by atoms with Crippen LogP contribution in [0.1, 0.15) is 5.56 Å². The molecule has 0 aliphatic rings. The van der Waals surface area contributed by atoms with Crippen molar-refractivity contribution in [1.82, 2.24) is 0 Å². The summed E-state index contributed by atoms with van der Waals surface area (Å²) in [6.45, 7) is 0. The lowest BCUT2D eigenvalue weighted by Crippen LogP contribution is -1.96. The molecule has 0 spiro atoms. The Balaban J connectivity index is 3.29. The second-order valence-electron chi connectivity index (χ2n) is 2.50. The number of rotatable bonds is 1. The Bertz CT molecular complexity index is 465. The molecule has 78 valence electrons. The van der Waals surface area contributed by atoms with Gasteiger partial charge in [-0.15, -0.1) is 0 Å². The average Bonchev–Trinajstić information content (AvgIpc) is 2.16. The van der Waals surface area contributed by atoms with E-state index in [-0.39, 0.29) is 11.3 Å². The molecule has 15 heavy (non-hydrogen) atoms. The van der Waals surface area contributed by atoms with Gasteiger partial charge >= 0.3 is 5.69 Å². The third kappa shape index (κ3) is 2.67. The fourth-order valence-corrected chi connectivity index (χ4v) is 0.987. The van der Waals surface area contributed by atoms with Crippen LogP contribution in [0.2, 0.25) is 0 Å². The maximum absolute atomic E-state index is 13.0. The molecule has 6 heteroatoms. The van der Waals surface area contributed by atoms with Crippen LogP contribution in [-0.4, -0.2) is 10.7 Å². The first-order valence-corrected chi connectivity index (χ1v) is 4.42.